The fourth-order valence-electron chi connectivity index (χ4n) is 9.16. The number of carbonyl (C=O) groups excluding carboxylic acids is 4. The van der Waals surface area contributed by atoms with Gasteiger partial charge in [0.15, 0.2) is 12.4 Å². The zero-order valence-corrected chi connectivity index (χ0v) is 23.7. The number of ketones is 2. The first kappa shape index (κ1) is 29.8. The third-order valence-electron chi connectivity index (χ3n) is 11.3. The van der Waals surface area contributed by atoms with Crippen LogP contribution in [0.4, 0.5) is 0 Å². The first-order valence-corrected chi connectivity index (χ1v) is 14.7. The molecule has 5 aliphatic rings. The molecule has 3 saturated carbocycles. The van der Waals surface area contributed by atoms with Crippen LogP contribution in [-0.2, 0) is 28.7 Å². The molecule has 0 aromatic rings. The number of rotatable bonds is 7. The van der Waals surface area contributed by atoms with Crippen LogP contribution in [0.25, 0.3) is 0 Å². The van der Waals surface area contributed by atoms with Gasteiger partial charge in [0.1, 0.15) is 11.6 Å². The minimum atomic E-state index is -1.78. The van der Waals surface area contributed by atoms with Gasteiger partial charge < -0.3 is 30.1 Å². The zero-order valence-electron chi connectivity index (χ0n) is 23.7. The molecule has 0 radical (unpaired) electrons. The molecule has 9 atom stereocenters. The lowest BCUT2D eigenvalue weighted by molar-refractivity contribution is -0.184. The van der Waals surface area contributed by atoms with E-state index in [0.29, 0.717) is 19.3 Å². The van der Waals surface area contributed by atoms with E-state index in [1.807, 2.05) is 6.92 Å². The maximum absolute atomic E-state index is 13.4. The number of aliphatic carboxylic acids is 1. The second kappa shape index (κ2) is 10.6. The summed E-state index contributed by atoms with van der Waals surface area (Å²) < 4.78 is 5.16. The van der Waals surface area contributed by atoms with E-state index in [9.17, 15) is 44.4 Å². The maximum atomic E-state index is 13.4. The summed E-state index contributed by atoms with van der Waals surface area (Å²) in [5.41, 5.74) is -1.86. The lowest BCUT2D eigenvalue weighted by Gasteiger charge is -2.60. The Morgan fingerprint density at radius 2 is 1.80 bits per heavy atom. The van der Waals surface area contributed by atoms with Crippen LogP contribution in [0, 0.1) is 28.6 Å². The maximum Gasteiger partial charge on any atom is 0.326 e. The molecule has 4 aliphatic carbocycles. The van der Waals surface area contributed by atoms with E-state index >= 15 is 0 Å². The van der Waals surface area contributed by atoms with Gasteiger partial charge in [-0.15, -0.1) is 0 Å². The molecular weight excluding hydrogens is 534 g/mol. The Morgan fingerprint density at radius 1 is 1.07 bits per heavy atom. The number of aliphatic hydroxyl groups excluding tert-OH is 2. The minimum absolute atomic E-state index is 0.00725. The standard InChI is InChI=1S/C30H41NO10/c1-28-9-7-17(32)11-16(28)3-4-19-20-8-10-30(40,29(20,2)13-22(34)26(19)28)23(35)15-41-25(37)6-5-24(36)31-14-18(33)12-21(31)27(38)39/h11,18-22,26,33-34,40H,3-10,12-15H2,1-2H3,(H,38,39)/t18-,19-,20-,21+,22-,26+,28-,29-,30-/m0/s1. The Kier molecular flexibility index (Phi) is 7.70. The number of aliphatic hydroxyl groups is 3. The zero-order chi connectivity index (χ0) is 29.9. The van der Waals surface area contributed by atoms with Gasteiger partial charge in [-0.3, -0.25) is 19.2 Å². The topological polar surface area (TPSA) is 179 Å². The van der Waals surface area contributed by atoms with Crippen molar-refractivity contribution in [1.29, 1.82) is 0 Å². The molecule has 1 heterocycles. The molecule has 0 unspecified atom stereocenters. The summed E-state index contributed by atoms with van der Waals surface area (Å²) in [5.74, 6) is -3.13. The Morgan fingerprint density at radius 3 is 2.51 bits per heavy atom. The first-order valence-electron chi connectivity index (χ1n) is 14.7. The van der Waals surface area contributed by atoms with Gasteiger partial charge in [0.2, 0.25) is 11.7 Å². The molecule has 4 fully saturated rings. The molecule has 0 aromatic carbocycles. The number of carboxylic acid groups (broad SMARTS) is 1. The van der Waals surface area contributed by atoms with Gasteiger partial charge in [0.25, 0.3) is 0 Å². The third-order valence-corrected chi connectivity index (χ3v) is 11.3. The fourth-order valence-corrected chi connectivity index (χ4v) is 9.16. The van der Waals surface area contributed by atoms with Crippen LogP contribution in [0.5, 0.6) is 0 Å². The Balaban J connectivity index is 1.21. The smallest absolute Gasteiger partial charge is 0.326 e. The molecule has 1 amide bonds. The van der Waals surface area contributed by atoms with Crippen LogP contribution in [0.3, 0.4) is 0 Å². The van der Waals surface area contributed by atoms with Crippen molar-refractivity contribution in [2.45, 2.75) is 102 Å². The summed E-state index contributed by atoms with van der Waals surface area (Å²) in [7, 11) is 0. The van der Waals surface area contributed by atoms with E-state index in [-0.39, 0.29) is 67.6 Å². The number of esters is 1. The molecule has 0 aromatic heterocycles. The lowest BCUT2D eigenvalue weighted by atomic mass is 9.45. The predicted octanol–water partition coefficient (Wildman–Crippen LogP) is 1.16. The quantitative estimate of drug-likeness (QED) is 0.322. The van der Waals surface area contributed by atoms with Gasteiger partial charge in [0.05, 0.1) is 18.6 Å². The van der Waals surface area contributed by atoms with Crippen molar-refractivity contribution in [2.75, 3.05) is 13.2 Å². The number of fused-ring (bicyclic) bond motifs is 5. The molecule has 1 aliphatic heterocycles. The van der Waals surface area contributed by atoms with Crippen molar-refractivity contribution in [3.63, 3.8) is 0 Å². The highest BCUT2D eigenvalue weighted by Crippen LogP contribution is 2.67. The summed E-state index contributed by atoms with van der Waals surface area (Å²) in [6, 6.07) is -1.15. The normalized spacial score (nSPS) is 41.6. The monoisotopic (exact) mass is 575 g/mol. The number of amides is 1. The molecule has 226 valence electrons. The molecule has 1 saturated heterocycles. The number of allylic oxidation sites excluding steroid dienone is 1. The van der Waals surface area contributed by atoms with Crippen LogP contribution in [-0.4, -0.2) is 91.7 Å². The van der Waals surface area contributed by atoms with Crippen LogP contribution in [0.15, 0.2) is 11.6 Å². The third kappa shape index (κ3) is 4.83. The average molecular weight is 576 g/mol. The number of likely N-dealkylation sites (tertiary alicyclic amines) is 1. The second-order valence-corrected chi connectivity index (χ2v) is 13.3. The van der Waals surface area contributed by atoms with E-state index in [2.05, 4.69) is 6.92 Å². The lowest BCUT2D eigenvalue weighted by Crippen LogP contribution is -2.62. The van der Waals surface area contributed by atoms with Gasteiger partial charge in [-0.2, -0.15) is 0 Å². The van der Waals surface area contributed by atoms with Crippen molar-refractivity contribution in [1.82, 2.24) is 4.90 Å². The summed E-state index contributed by atoms with van der Waals surface area (Å²) in [6.07, 6.45) is 2.99. The Hall–Kier alpha value is -2.63. The molecule has 5 rings (SSSR count). The van der Waals surface area contributed by atoms with Gasteiger partial charge in [-0.25, -0.2) is 4.79 Å². The second-order valence-electron chi connectivity index (χ2n) is 13.3. The number of Topliss-reactive ketones (excluding diaryl/α,β-unsaturated/α-hetero) is 1. The summed E-state index contributed by atoms with van der Waals surface area (Å²) in [5, 5.41) is 42.3. The minimum Gasteiger partial charge on any atom is -0.480 e. The number of β-amino-alcohol motifs (C(OH)–C–C–N with tert-alkyl or cyclic N) is 1. The van der Waals surface area contributed by atoms with E-state index in [1.54, 1.807) is 6.08 Å². The van der Waals surface area contributed by atoms with Crippen LogP contribution in [0.1, 0.15) is 78.1 Å². The highest BCUT2D eigenvalue weighted by atomic mass is 16.5. The number of nitrogens with zero attached hydrogens (tertiary/aromatic N) is 1. The van der Waals surface area contributed by atoms with Crippen molar-refractivity contribution in [2.24, 2.45) is 28.6 Å². The van der Waals surface area contributed by atoms with Crippen molar-refractivity contribution >= 4 is 29.4 Å². The first-order chi connectivity index (χ1) is 19.2. The Labute approximate surface area is 238 Å². The van der Waals surface area contributed by atoms with E-state index in [4.69, 9.17) is 4.74 Å². The number of hydrogen-bond donors (Lipinski definition) is 4. The summed E-state index contributed by atoms with van der Waals surface area (Å²) in [6.45, 7) is 3.20. The number of hydrogen-bond acceptors (Lipinski definition) is 9. The molecule has 11 heteroatoms. The molecular formula is C30H41NO10. The van der Waals surface area contributed by atoms with Gasteiger partial charge in [0, 0.05) is 31.2 Å². The van der Waals surface area contributed by atoms with Crippen molar-refractivity contribution < 1.29 is 49.1 Å². The number of carboxylic acids is 1. The predicted molar refractivity (Wildman–Crippen MR) is 142 cm³/mol. The SMILES string of the molecule is C[C@]12CCC(=O)C=C1CC[C@@H]1[C@@H]2[C@@H](O)C[C@@]2(C)[C@H]1CC[C@]2(O)C(=O)COC(=O)CCC(=O)N1C[C@@H](O)C[C@@H]1C(=O)O. The van der Waals surface area contributed by atoms with E-state index in [1.165, 1.54) is 0 Å². The van der Waals surface area contributed by atoms with Gasteiger partial charge in [-0.1, -0.05) is 19.4 Å². The van der Waals surface area contributed by atoms with Gasteiger partial charge in [-0.05, 0) is 67.8 Å². The Bertz CT molecular complexity index is 1180. The summed E-state index contributed by atoms with van der Waals surface area (Å²) in [4.78, 5) is 62.8. The average Bonchev–Trinajstić information content (AvgIpc) is 3.43. The molecule has 11 nitrogen and oxygen atoms in total. The van der Waals surface area contributed by atoms with Gasteiger partial charge >= 0.3 is 11.9 Å². The highest BCUT2D eigenvalue weighted by molar-refractivity contribution is 5.92. The molecule has 41 heavy (non-hydrogen) atoms. The van der Waals surface area contributed by atoms with Crippen LogP contribution >= 0.6 is 0 Å². The summed E-state index contributed by atoms with van der Waals surface area (Å²) >= 11 is 0. The van der Waals surface area contributed by atoms with Crippen LogP contribution < -0.4 is 0 Å². The molecule has 0 spiro atoms. The van der Waals surface area contributed by atoms with Crippen molar-refractivity contribution in [3.05, 3.63) is 11.6 Å². The highest BCUT2D eigenvalue weighted by Gasteiger charge is 2.68. The molecule has 4 N–H and O–H groups in total. The van der Waals surface area contributed by atoms with E-state index in [0.717, 1.165) is 23.3 Å². The number of ether oxygens (including phenoxy) is 1. The van der Waals surface area contributed by atoms with Crippen molar-refractivity contribution in [3.8, 4) is 0 Å². The van der Waals surface area contributed by atoms with Crippen LogP contribution in [0.2, 0.25) is 0 Å². The number of carbonyl (C=O) groups is 5. The van der Waals surface area contributed by atoms with E-state index < -0.39 is 59.5 Å². The molecule has 0 bridgehead atoms. The largest absolute Gasteiger partial charge is 0.480 e. The fraction of sp³-hybridized carbons (Fsp3) is 0.767.